The van der Waals surface area contributed by atoms with Gasteiger partial charge in [-0.15, -0.1) is 0 Å². The maximum atomic E-state index is 13.0. The van der Waals surface area contributed by atoms with E-state index in [9.17, 15) is 4.79 Å². The van der Waals surface area contributed by atoms with E-state index in [0.717, 1.165) is 22.5 Å². The molecule has 0 aliphatic carbocycles. The lowest BCUT2D eigenvalue weighted by Crippen LogP contribution is -2.31. The molecule has 0 atom stereocenters. The first-order valence-electron chi connectivity index (χ1n) is 9.86. The summed E-state index contributed by atoms with van der Waals surface area (Å²) in [6, 6.07) is 14.8. The van der Waals surface area contributed by atoms with E-state index in [0.29, 0.717) is 48.0 Å². The van der Waals surface area contributed by atoms with E-state index in [1.54, 1.807) is 38.7 Å². The van der Waals surface area contributed by atoms with Crippen molar-refractivity contribution in [2.75, 3.05) is 21.0 Å². The molecule has 1 aliphatic rings. The van der Waals surface area contributed by atoms with Crippen molar-refractivity contribution >= 4 is 11.0 Å². The predicted molar refractivity (Wildman–Crippen MR) is 114 cm³/mol. The number of fused-ring (bicyclic) bond motifs is 3. The highest BCUT2D eigenvalue weighted by Gasteiger charge is 2.23. The number of nitrogens with zero attached hydrogens (tertiary/aromatic N) is 1. The average Bonchev–Trinajstić information content (AvgIpc) is 3.31. The molecule has 0 saturated heterocycles. The Morgan fingerprint density at radius 2 is 1.94 bits per heavy atom. The Hall–Kier alpha value is -3.71. The number of benzene rings is 2. The third kappa shape index (κ3) is 3.53. The second-order valence-corrected chi connectivity index (χ2v) is 7.31. The molecule has 0 N–H and O–H groups in total. The molecule has 0 fully saturated rings. The van der Waals surface area contributed by atoms with Crippen molar-refractivity contribution in [1.82, 2.24) is 4.90 Å². The topological polar surface area (TPSA) is 74.3 Å². The summed E-state index contributed by atoms with van der Waals surface area (Å²) in [6.45, 7) is 1.63. The molecule has 0 spiro atoms. The minimum Gasteiger partial charge on any atom is -0.497 e. The summed E-state index contributed by atoms with van der Waals surface area (Å²) in [5.74, 6) is 2.76. The van der Waals surface area contributed by atoms with Crippen molar-refractivity contribution in [2.45, 2.75) is 13.1 Å². The molecule has 3 heterocycles. The molecule has 2 aromatic heterocycles. The highest BCUT2D eigenvalue weighted by atomic mass is 16.5. The summed E-state index contributed by atoms with van der Waals surface area (Å²) in [7, 11) is 3.14. The van der Waals surface area contributed by atoms with E-state index in [4.69, 9.17) is 23.0 Å². The zero-order valence-corrected chi connectivity index (χ0v) is 17.2. The number of rotatable bonds is 5. The van der Waals surface area contributed by atoms with Gasteiger partial charge in [0.25, 0.3) is 0 Å². The van der Waals surface area contributed by atoms with Gasteiger partial charge in [0.15, 0.2) is 0 Å². The molecular weight excluding hydrogens is 398 g/mol. The zero-order valence-electron chi connectivity index (χ0n) is 17.2. The smallest absolute Gasteiger partial charge is 0.344 e. The van der Waals surface area contributed by atoms with E-state index in [1.165, 1.54) is 0 Å². The van der Waals surface area contributed by atoms with Crippen molar-refractivity contribution in [3.05, 3.63) is 76.5 Å². The highest BCUT2D eigenvalue weighted by molar-refractivity contribution is 5.87. The van der Waals surface area contributed by atoms with Gasteiger partial charge >= 0.3 is 5.63 Å². The third-order valence-corrected chi connectivity index (χ3v) is 5.41. The molecule has 0 unspecified atom stereocenters. The SMILES string of the molecule is COc1ccc(-c2cc3ccc4c(c3oc2=O)CN(Cc2ccco2)CO4)c(OC)c1. The Morgan fingerprint density at radius 1 is 1.03 bits per heavy atom. The maximum Gasteiger partial charge on any atom is 0.344 e. The van der Waals surface area contributed by atoms with Crippen LogP contribution in [0.15, 0.2) is 68.4 Å². The largest absolute Gasteiger partial charge is 0.497 e. The molecule has 0 radical (unpaired) electrons. The Labute approximate surface area is 178 Å². The number of hydrogen-bond acceptors (Lipinski definition) is 7. The lowest BCUT2D eigenvalue weighted by molar-refractivity contribution is 0.0826. The number of hydrogen-bond donors (Lipinski definition) is 0. The lowest BCUT2D eigenvalue weighted by atomic mass is 10.0. The van der Waals surface area contributed by atoms with E-state index < -0.39 is 5.63 Å². The summed E-state index contributed by atoms with van der Waals surface area (Å²) in [6.07, 6.45) is 1.65. The fourth-order valence-corrected chi connectivity index (χ4v) is 3.87. The minimum absolute atomic E-state index is 0.427. The van der Waals surface area contributed by atoms with Gasteiger partial charge in [0.05, 0.1) is 38.2 Å². The van der Waals surface area contributed by atoms with Crippen LogP contribution in [0, 0.1) is 0 Å². The molecule has 4 aromatic rings. The molecule has 7 heteroatoms. The van der Waals surface area contributed by atoms with Crippen LogP contribution < -0.4 is 19.8 Å². The summed E-state index contributed by atoms with van der Waals surface area (Å²) in [4.78, 5) is 15.0. The van der Waals surface area contributed by atoms with Gasteiger partial charge in [-0.3, -0.25) is 4.90 Å². The van der Waals surface area contributed by atoms with Crippen LogP contribution in [0.4, 0.5) is 0 Å². The van der Waals surface area contributed by atoms with Crippen molar-refractivity contribution in [3.8, 4) is 28.4 Å². The number of furan rings is 1. The van der Waals surface area contributed by atoms with Gasteiger partial charge in [0.2, 0.25) is 0 Å². The molecule has 7 nitrogen and oxygen atoms in total. The van der Waals surface area contributed by atoms with Crippen LogP contribution in [0.5, 0.6) is 17.2 Å². The molecular formula is C24H21NO6. The Morgan fingerprint density at radius 3 is 2.71 bits per heavy atom. The van der Waals surface area contributed by atoms with Gasteiger partial charge in [-0.2, -0.15) is 0 Å². The molecule has 31 heavy (non-hydrogen) atoms. The summed E-state index contributed by atoms with van der Waals surface area (Å²) in [5, 5.41) is 0.815. The van der Waals surface area contributed by atoms with E-state index in [-0.39, 0.29) is 0 Å². The number of ether oxygens (including phenoxy) is 3. The molecule has 0 bridgehead atoms. The van der Waals surface area contributed by atoms with Crippen molar-refractivity contribution < 1.29 is 23.0 Å². The van der Waals surface area contributed by atoms with Gasteiger partial charge in [0.1, 0.15) is 35.3 Å². The summed E-state index contributed by atoms with van der Waals surface area (Å²) < 4.78 is 27.9. The van der Waals surface area contributed by atoms with Crippen LogP contribution in [0.1, 0.15) is 11.3 Å². The lowest BCUT2D eigenvalue weighted by Gasteiger charge is -2.28. The van der Waals surface area contributed by atoms with E-state index in [1.807, 2.05) is 30.3 Å². The average molecular weight is 419 g/mol. The van der Waals surface area contributed by atoms with Gasteiger partial charge in [-0.25, -0.2) is 4.79 Å². The van der Waals surface area contributed by atoms with Gasteiger partial charge in [0, 0.05) is 23.6 Å². The van der Waals surface area contributed by atoms with Crippen LogP contribution in [-0.4, -0.2) is 25.9 Å². The van der Waals surface area contributed by atoms with Crippen LogP contribution in [0.25, 0.3) is 22.1 Å². The van der Waals surface area contributed by atoms with Gasteiger partial charge in [-0.1, -0.05) is 0 Å². The molecule has 1 aliphatic heterocycles. The van der Waals surface area contributed by atoms with Crippen molar-refractivity contribution in [1.29, 1.82) is 0 Å². The molecule has 0 saturated carbocycles. The van der Waals surface area contributed by atoms with E-state index in [2.05, 4.69) is 4.90 Å². The predicted octanol–water partition coefficient (Wildman–Crippen LogP) is 4.42. The Bertz CT molecular complexity index is 1290. The minimum atomic E-state index is -0.437. The normalized spacial score (nSPS) is 13.6. The van der Waals surface area contributed by atoms with Crippen molar-refractivity contribution in [2.24, 2.45) is 0 Å². The third-order valence-electron chi connectivity index (χ3n) is 5.41. The Kier molecular flexibility index (Phi) is 4.88. The fraction of sp³-hybridized carbons (Fsp3) is 0.208. The fourth-order valence-electron chi connectivity index (χ4n) is 3.87. The summed E-state index contributed by atoms with van der Waals surface area (Å²) >= 11 is 0. The molecule has 2 aromatic carbocycles. The molecule has 5 rings (SSSR count). The highest BCUT2D eigenvalue weighted by Crippen LogP contribution is 2.36. The second kappa shape index (κ2) is 7.85. The Balaban J connectivity index is 1.56. The quantitative estimate of drug-likeness (QED) is 0.443. The van der Waals surface area contributed by atoms with Crippen LogP contribution >= 0.6 is 0 Å². The molecule has 0 amide bonds. The first kappa shape index (κ1) is 19.3. The maximum absolute atomic E-state index is 13.0. The van der Waals surface area contributed by atoms with Gasteiger partial charge < -0.3 is 23.0 Å². The number of methoxy groups -OCH3 is 2. The van der Waals surface area contributed by atoms with Gasteiger partial charge in [-0.05, 0) is 42.5 Å². The zero-order chi connectivity index (χ0) is 21.4. The first-order valence-corrected chi connectivity index (χ1v) is 9.86. The second-order valence-electron chi connectivity index (χ2n) is 7.31. The van der Waals surface area contributed by atoms with E-state index >= 15 is 0 Å². The monoisotopic (exact) mass is 419 g/mol. The first-order chi connectivity index (χ1) is 15.2. The van der Waals surface area contributed by atoms with Crippen LogP contribution in [0.3, 0.4) is 0 Å². The standard InChI is InChI=1S/C24H21NO6/c1-27-16-6-7-18(22(11-16)28-2)19-10-15-5-8-21-20(23(15)31-24(19)26)13-25(14-30-21)12-17-4-3-9-29-17/h3-11H,12-14H2,1-2H3. The van der Waals surface area contributed by atoms with Crippen LogP contribution in [0.2, 0.25) is 0 Å². The van der Waals surface area contributed by atoms with Crippen molar-refractivity contribution in [3.63, 3.8) is 0 Å². The van der Waals surface area contributed by atoms with Crippen LogP contribution in [-0.2, 0) is 13.1 Å². The summed E-state index contributed by atoms with van der Waals surface area (Å²) in [5.41, 5.74) is 2.01. The molecule has 158 valence electrons.